The van der Waals surface area contributed by atoms with E-state index in [0.717, 1.165) is 11.8 Å². The molecule has 0 atom stereocenters. The third kappa shape index (κ3) is 4.01. The van der Waals surface area contributed by atoms with Crippen molar-refractivity contribution in [1.29, 1.82) is 0 Å². The number of anilines is 1. The van der Waals surface area contributed by atoms with Gasteiger partial charge in [0.15, 0.2) is 5.88 Å². The van der Waals surface area contributed by atoms with Crippen LogP contribution in [0.3, 0.4) is 0 Å². The van der Waals surface area contributed by atoms with Gasteiger partial charge in [-0.2, -0.15) is 0 Å². The van der Waals surface area contributed by atoms with Crippen molar-refractivity contribution in [3.05, 3.63) is 98.4 Å². The summed E-state index contributed by atoms with van der Waals surface area (Å²) in [6.07, 6.45) is 5.01. The summed E-state index contributed by atoms with van der Waals surface area (Å²) in [6, 6.07) is 11.9. The number of benzene rings is 2. The molecule has 2 N–H and O–H groups in total. The number of rotatable bonds is 3. The van der Waals surface area contributed by atoms with Gasteiger partial charge in [0.25, 0.3) is 5.91 Å². The number of carbonyl (C=O) groups excluding carboxylic acids is 1. The summed E-state index contributed by atoms with van der Waals surface area (Å²) in [7, 11) is 1.81. The van der Waals surface area contributed by atoms with Crippen molar-refractivity contribution < 1.29 is 18.7 Å². The van der Waals surface area contributed by atoms with E-state index in [-0.39, 0.29) is 28.7 Å². The second-order valence-electron chi connectivity index (χ2n) is 9.00. The molecule has 0 radical (unpaired) electrons. The minimum atomic E-state index is -0.579. The van der Waals surface area contributed by atoms with Crippen LogP contribution < -0.4 is 20.8 Å². The maximum absolute atomic E-state index is 14.3. The van der Waals surface area contributed by atoms with E-state index in [1.54, 1.807) is 30.6 Å². The summed E-state index contributed by atoms with van der Waals surface area (Å²) in [5, 5.41) is 12.9. The molecule has 1 amide bonds. The number of nitrogens with one attached hydrogen (secondary N) is 1. The van der Waals surface area contributed by atoms with Crippen LogP contribution in [0.1, 0.15) is 11.1 Å². The number of fused-ring (bicyclic) bond motifs is 2. The maximum Gasteiger partial charge on any atom is 0.250 e. The van der Waals surface area contributed by atoms with E-state index in [2.05, 4.69) is 9.98 Å². The molecule has 0 unspecified atom stereocenters. The Morgan fingerprint density at radius 2 is 1.97 bits per heavy atom. The average molecular weight is 532 g/mol. The van der Waals surface area contributed by atoms with E-state index >= 15 is 0 Å². The lowest BCUT2D eigenvalue weighted by atomic mass is 10.1. The molecule has 4 heterocycles. The molecule has 0 fully saturated rings. The van der Waals surface area contributed by atoms with Gasteiger partial charge in [-0.15, -0.1) is 0 Å². The van der Waals surface area contributed by atoms with Crippen LogP contribution in [-0.4, -0.2) is 33.3 Å². The van der Waals surface area contributed by atoms with E-state index in [9.17, 15) is 18.7 Å². The Balaban J connectivity index is 1.51. The predicted octanol–water partition coefficient (Wildman–Crippen LogP) is 3.13. The number of hydrogen-bond donors (Lipinski definition) is 2. The highest BCUT2D eigenvalue weighted by Gasteiger charge is 2.26. The van der Waals surface area contributed by atoms with Gasteiger partial charge >= 0.3 is 0 Å². The largest absolute Gasteiger partial charge is 0.494 e. The Kier molecular flexibility index (Phi) is 5.72. The third-order valence-electron chi connectivity index (χ3n) is 6.60. The first-order valence-electron chi connectivity index (χ1n) is 11.7. The number of H-pyrrole nitrogens is 1. The van der Waals surface area contributed by atoms with E-state index in [4.69, 9.17) is 16.6 Å². The van der Waals surface area contributed by atoms with Gasteiger partial charge in [-0.05, 0) is 54.1 Å². The molecule has 0 saturated carbocycles. The number of pyridine rings is 1. The molecular weight excluding hydrogens is 512 g/mol. The van der Waals surface area contributed by atoms with Crippen LogP contribution in [-0.2, 0) is 18.3 Å². The fraction of sp³-hybridized carbons (Fsp3) is 0.107. The minimum absolute atomic E-state index is 0.0567. The first kappa shape index (κ1) is 23.9. The first-order chi connectivity index (χ1) is 18.3. The highest BCUT2D eigenvalue weighted by molar-refractivity contribution is 6.30. The lowest BCUT2D eigenvalue weighted by Crippen LogP contribution is -2.39. The number of nitrogens with zero attached hydrogens (tertiary/aromatic N) is 4. The molecule has 6 rings (SSSR count). The van der Waals surface area contributed by atoms with E-state index in [0.29, 0.717) is 45.1 Å². The number of aryl methyl sites for hydroxylation is 1. The number of aromatic amines is 1. The Hall–Kier alpha value is -4.50. The van der Waals surface area contributed by atoms with Crippen LogP contribution in [0, 0.1) is 11.6 Å². The van der Waals surface area contributed by atoms with Crippen molar-refractivity contribution in [3.8, 4) is 17.1 Å². The molecule has 38 heavy (non-hydrogen) atoms. The molecule has 2 aromatic carbocycles. The fourth-order valence-electron chi connectivity index (χ4n) is 4.83. The molecule has 0 aliphatic carbocycles. The molecule has 190 valence electrons. The summed E-state index contributed by atoms with van der Waals surface area (Å²) >= 11 is 5.82. The number of amides is 1. The van der Waals surface area contributed by atoms with Crippen LogP contribution in [0.2, 0.25) is 5.02 Å². The number of halogens is 3. The molecule has 4 aromatic rings. The minimum Gasteiger partial charge on any atom is -0.494 e. The van der Waals surface area contributed by atoms with Crippen LogP contribution >= 0.6 is 11.6 Å². The van der Waals surface area contributed by atoms with Gasteiger partial charge in [0.05, 0.1) is 33.6 Å². The van der Waals surface area contributed by atoms with Gasteiger partial charge in [-0.25, -0.2) is 18.8 Å². The summed E-state index contributed by atoms with van der Waals surface area (Å²) in [5.41, 5.74) is 2.53. The monoisotopic (exact) mass is 531 g/mol. The Bertz CT molecular complexity index is 1860. The normalized spacial score (nSPS) is 14.2. The first-order valence-corrected chi connectivity index (χ1v) is 12.1. The summed E-state index contributed by atoms with van der Waals surface area (Å²) in [5.74, 6) is -0.978. The van der Waals surface area contributed by atoms with Crippen LogP contribution in [0.5, 0.6) is 5.88 Å². The highest BCUT2D eigenvalue weighted by Crippen LogP contribution is 2.30. The van der Waals surface area contributed by atoms with Gasteiger partial charge in [0.2, 0.25) is 0 Å². The molecule has 2 aliphatic rings. The molecule has 2 aliphatic heterocycles. The predicted molar refractivity (Wildman–Crippen MR) is 141 cm³/mol. The molecule has 0 spiro atoms. The number of aromatic hydroxyl groups is 1. The smallest absolute Gasteiger partial charge is 0.250 e. The van der Waals surface area contributed by atoms with Crippen molar-refractivity contribution in [2.75, 3.05) is 11.4 Å². The van der Waals surface area contributed by atoms with Crippen LogP contribution in [0.15, 0.2) is 64.7 Å². The van der Waals surface area contributed by atoms with Gasteiger partial charge in [-0.1, -0.05) is 17.7 Å². The number of aliphatic imine (C=N–C) groups is 1. The quantitative estimate of drug-likeness (QED) is 0.426. The van der Waals surface area contributed by atoms with E-state index in [1.807, 2.05) is 22.6 Å². The SMILES string of the molecule is Cn1ccc(=NC(=O)Cc2ccc(Cl)cc2F)c2c1-c1c(O)[nH]c3c1=C(N=C2)N(c1ccc(F)cc1)CC=3. The molecule has 10 heteroatoms. The topological polar surface area (TPSA) is 86.0 Å². The van der Waals surface area contributed by atoms with Crippen molar-refractivity contribution in [1.82, 2.24) is 9.55 Å². The van der Waals surface area contributed by atoms with Crippen molar-refractivity contribution >= 4 is 41.3 Å². The third-order valence-corrected chi connectivity index (χ3v) is 6.83. The van der Waals surface area contributed by atoms with Crippen LogP contribution in [0.25, 0.3) is 23.2 Å². The lowest BCUT2D eigenvalue weighted by molar-refractivity contribution is -0.117. The summed E-state index contributed by atoms with van der Waals surface area (Å²) in [6.45, 7) is 0.440. The molecule has 7 nitrogen and oxygen atoms in total. The van der Waals surface area contributed by atoms with Gasteiger partial charge in [0, 0.05) is 42.3 Å². The van der Waals surface area contributed by atoms with E-state index < -0.39 is 11.7 Å². The van der Waals surface area contributed by atoms with E-state index in [1.165, 1.54) is 24.3 Å². The van der Waals surface area contributed by atoms with Crippen LogP contribution in [0.4, 0.5) is 14.5 Å². The zero-order valence-electron chi connectivity index (χ0n) is 20.0. The second-order valence-corrected chi connectivity index (χ2v) is 9.44. The lowest BCUT2D eigenvalue weighted by Gasteiger charge is -2.25. The van der Waals surface area contributed by atoms with Crippen molar-refractivity contribution in [2.24, 2.45) is 17.0 Å². The second kappa shape index (κ2) is 9.11. The van der Waals surface area contributed by atoms with Gasteiger partial charge in [0.1, 0.15) is 17.5 Å². The fourth-order valence-corrected chi connectivity index (χ4v) is 4.99. The molecule has 0 bridgehead atoms. The van der Waals surface area contributed by atoms with Gasteiger partial charge in [-0.3, -0.25) is 4.79 Å². The Labute approximate surface area is 220 Å². The zero-order valence-corrected chi connectivity index (χ0v) is 20.8. The van der Waals surface area contributed by atoms with Crippen molar-refractivity contribution in [3.63, 3.8) is 0 Å². The molecule has 2 aromatic heterocycles. The molecular formula is C28H20ClF2N5O2. The van der Waals surface area contributed by atoms with Gasteiger partial charge < -0.3 is 19.6 Å². The zero-order chi connectivity index (χ0) is 26.6. The Morgan fingerprint density at radius 3 is 2.74 bits per heavy atom. The highest BCUT2D eigenvalue weighted by atomic mass is 35.5. The maximum atomic E-state index is 14.3. The standard InChI is InChI=1S/C28H20ClF2N5O2/c1-35-10-8-21(33-23(37)12-15-2-3-16(29)13-20(15)31)19-14-32-27-24-22(34-28(38)25(24)26(19)35)9-11-36(27)18-6-4-17(30)5-7-18/h2-10,13-14,34,38H,11-12H2,1H3. The number of hydrogen-bond acceptors (Lipinski definition) is 4. The molecule has 0 saturated heterocycles. The number of aromatic nitrogens is 2. The summed E-state index contributed by atoms with van der Waals surface area (Å²) in [4.78, 5) is 26.8. The average Bonchev–Trinajstić information content (AvgIpc) is 3.09. The van der Waals surface area contributed by atoms with Crippen molar-refractivity contribution in [2.45, 2.75) is 6.42 Å². The number of carbonyl (C=O) groups is 1. The Morgan fingerprint density at radius 1 is 1.18 bits per heavy atom. The summed E-state index contributed by atoms with van der Waals surface area (Å²) < 4.78 is 29.7.